The molecule has 8 nitrogen and oxygen atoms in total. The smallest absolute Gasteiger partial charge is 0.321 e. The van der Waals surface area contributed by atoms with Gasteiger partial charge in [0.25, 0.3) is 0 Å². The average molecular weight is 465 g/mol. The van der Waals surface area contributed by atoms with Crippen molar-refractivity contribution in [1.82, 2.24) is 19.2 Å². The van der Waals surface area contributed by atoms with Gasteiger partial charge in [0, 0.05) is 37.4 Å². The van der Waals surface area contributed by atoms with Crippen molar-refractivity contribution in [3.8, 4) is 17.0 Å². The van der Waals surface area contributed by atoms with E-state index in [2.05, 4.69) is 24.6 Å². The number of fused-ring (bicyclic) bond motifs is 1. The third-order valence-electron chi connectivity index (χ3n) is 5.54. The number of ether oxygens (including phenoxy) is 1. The Morgan fingerprint density at radius 3 is 2.61 bits per heavy atom. The lowest BCUT2D eigenvalue weighted by atomic mass is 10.1. The van der Waals surface area contributed by atoms with E-state index in [0.717, 1.165) is 33.0 Å². The number of carbonyl (C=O) groups excluding carboxylic acids is 1. The highest BCUT2D eigenvalue weighted by molar-refractivity contribution is 7.14. The van der Waals surface area contributed by atoms with Gasteiger partial charge in [0.2, 0.25) is 0 Å². The monoisotopic (exact) mass is 464 g/mol. The Bertz CT molecular complexity index is 1290. The van der Waals surface area contributed by atoms with Gasteiger partial charge in [-0.2, -0.15) is 4.37 Å². The van der Waals surface area contributed by atoms with Gasteiger partial charge < -0.3 is 19.9 Å². The summed E-state index contributed by atoms with van der Waals surface area (Å²) in [5.74, 6) is 1.22. The number of rotatable bonds is 4. The first-order valence-electron chi connectivity index (χ1n) is 10.4. The van der Waals surface area contributed by atoms with E-state index in [1.54, 1.807) is 30.5 Å². The SMILES string of the molecule is COc1ccc(-c2nsc3c(N4CCN(C(=O)Nc5cccc(F)c5)CC4)ncnc23)cc1. The molecular formula is C23H21FN6O2S. The van der Waals surface area contributed by atoms with E-state index >= 15 is 0 Å². The standard InChI is InChI=1S/C23H21FN6O2S/c1-32-18-7-5-15(6-8-18)19-20-21(33-28-19)22(26-14-25-20)29-9-11-30(12-10-29)23(31)27-17-4-2-3-16(24)13-17/h2-8,13-14H,9-12H2,1H3,(H,27,31). The largest absolute Gasteiger partial charge is 0.497 e. The van der Waals surface area contributed by atoms with Crippen LogP contribution in [-0.2, 0) is 0 Å². The van der Waals surface area contributed by atoms with Crippen molar-refractivity contribution in [3.05, 3.63) is 60.7 Å². The Balaban J connectivity index is 1.30. The van der Waals surface area contributed by atoms with Crippen LogP contribution < -0.4 is 15.0 Å². The summed E-state index contributed by atoms with van der Waals surface area (Å²) in [5.41, 5.74) is 3.03. The molecule has 4 aromatic rings. The van der Waals surface area contributed by atoms with Crippen LogP contribution in [0.2, 0.25) is 0 Å². The van der Waals surface area contributed by atoms with Crippen LogP contribution in [0.5, 0.6) is 5.75 Å². The molecule has 0 bridgehead atoms. The van der Waals surface area contributed by atoms with Gasteiger partial charge in [0.15, 0.2) is 5.82 Å². The molecule has 0 unspecified atom stereocenters. The predicted octanol–water partition coefficient (Wildman–Crippen LogP) is 4.26. The van der Waals surface area contributed by atoms with Crippen LogP contribution in [0.15, 0.2) is 54.9 Å². The van der Waals surface area contributed by atoms with Gasteiger partial charge >= 0.3 is 6.03 Å². The maximum Gasteiger partial charge on any atom is 0.321 e. The molecule has 1 N–H and O–H groups in total. The Labute approximate surface area is 193 Å². The summed E-state index contributed by atoms with van der Waals surface area (Å²) in [4.78, 5) is 25.4. The number of urea groups is 1. The second-order valence-corrected chi connectivity index (χ2v) is 8.32. The minimum atomic E-state index is -0.385. The minimum Gasteiger partial charge on any atom is -0.497 e. The minimum absolute atomic E-state index is 0.243. The summed E-state index contributed by atoms with van der Waals surface area (Å²) < 4.78 is 24.2. The second kappa shape index (κ2) is 8.99. The third-order valence-corrected chi connectivity index (χ3v) is 6.38. The van der Waals surface area contributed by atoms with Crippen molar-refractivity contribution in [2.45, 2.75) is 0 Å². The highest BCUT2D eigenvalue weighted by atomic mass is 32.1. The molecule has 5 rings (SSSR count). The molecule has 2 amide bonds. The van der Waals surface area contributed by atoms with Gasteiger partial charge in [0.05, 0.1) is 7.11 Å². The quantitative estimate of drug-likeness (QED) is 0.486. The van der Waals surface area contributed by atoms with E-state index in [0.29, 0.717) is 31.9 Å². The summed E-state index contributed by atoms with van der Waals surface area (Å²) in [6, 6.07) is 13.4. The lowest BCUT2D eigenvalue weighted by Crippen LogP contribution is -2.50. The maximum absolute atomic E-state index is 13.4. The van der Waals surface area contributed by atoms with Crippen LogP contribution in [0.1, 0.15) is 0 Å². The zero-order chi connectivity index (χ0) is 22.8. The molecule has 3 heterocycles. The van der Waals surface area contributed by atoms with Crippen molar-refractivity contribution in [2.24, 2.45) is 0 Å². The number of nitrogens with one attached hydrogen (secondary N) is 1. The van der Waals surface area contributed by atoms with Crippen molar-refractivity contribution >= 4 is 39.3 Å². The molecule has 1 fully saturated rings. The molecule has 2 aromatic heterocycles. The molecule has 0 atom stereocenters. The summed E-state index contributed by atoms with van der Waals surface area (Å²) in [5, 5.41) is 2.75. The maximum atomic E-state index is 13.4. The van der Waals surface area contributed by atoms with E-state index in [1.165, 1.54) is 23.7 Å². The topological polar surface area (TPSA) is 83.5 Å². The van der Waals surface area contributed by atoms with Crippen molar-refractivity contribution < 1.29 is 13.9 Å². The highest BCUT2D eigenvalue weighted by Gasteiger charge is 2.25. The molecule has 0 radical (unpaired) electrons. The molecule has 0 aliphatic carbocycles. The van der Waals surface area contributed by atoms with Gasteiger partial charge in [-0.05, 0) is 54.0 Å². The van der Waals surface area contributed by atoms with Crippen molar-refractivity contribution in [2.75, 3.05) is 43.5 Å². The van der Waals surface area contributed by atoms with Crippen LogP contribution in [0, 0.1) is 5.82 Å². The van der Waals surface area contributed by atoms with Gasteiger partial charge in [-0.1, -0.05) is 6.07 Å². The predicted molar refractivity (Wildman–Crippen MR) is 126 cm³/mol. The summed E-state index contributed by atoms with van der Waals surface area (Å²) in [7, 11) is 1.64. The molecule has 0 spiro atoms. The third kappa shape index (κ3) is 4.29. The van der Waals surface area contributed by atoms with Crippen LogP contribution in [-0.4, -0.2) is 58.6 Å². The van der Waals surface area contributed by atoms with E-state index in [-0.39, 0.29) is 11.8 Å². The fourth-order valence-corrected chi connectivity index (χ4v) is 4.68. The average Bonchev–Trinajstić information content (AvgIpc) is 3.28. The summed E-state index contributed by atoms with van der Waals surface area (Å²) >= 11 is 1.37. The Morgan fingerprint density at radius 1 is 1.09 bits per heavy atom. The molecule has 33 heavy (non-hydrogen) atoms. The molecular weight excluding hydrogens is 443 g/mol. The number of carbonyl (C=O) groups is 1. The number of hydrogen-bond donors (Lipinski definition) is 1. The number of halogens is 1. The molecule has 168 valence electrons. The van der Waals surface area contributed by atoms with E-state index < -0.39 is 0 Å². The van der Waals surface area contributed by atoms with Gasteiger partial charge in [-0.3, -0.25) is 0 Å². The Morgan fingerprint density at radius 2 is 1.88 bits per heavy atom. The number of methoxy groups -OCH3 is 1. The normalized spacial score (nSPS) is 13.9. The van der Waals surface area contributed by atoms with Crippen molar-refractivity contribution in [3.63, 3.8) is 0 Å². The van der Waals surface area contributed by atoms with E-state index in [1.807, 2.05) is 24.3 Å². The summed E-state index contributed by atoms with van der Waals surface area (Å²) in [6.07, 6.45) is 1.56. The van der Waals surface area contributed by atoms with Crippen LogP contribution in [0.3, 0.4) is 0 Å². The second-order valence-electron chi connectivity index (χ2n) is 7.55. The number of aromatic nitrogens is 3. The van der Waals surface area contributed by atoms with Crippen LogP contribution >= 0.6 is 11.5 Å². The number of piperazine rings is 1. The fraction of sp³-hybridized carbons (Fsp3) is 0.217. The molecule has 1 aliphatic heterocycles. The van der Waals surface area contributed by atoms with Gasteiger partial charge in [0.1, 0.15) is 33.8 Å². The molecule has 1 saturated heterocycles. The first-order chi connectivity index (χ1) is 16.1. The first kappa shape index (κ1) is 21.1. The Kier molecular flexibility index (Phi) is 5.74. The zero-order valence-electron chi connectivity index (χ0n) is 17.9. The van der Waals surface area contributed by atoms with Crippen molar-refractivity contribution in [1.29, 1.82) is 0 Å². The number of benzene rings is 2. The number of anilines is 2. The fourth-order valence-electron chi connectivity index (χ4n) is 3.81. The van der Waals surface area contributed by atoms with E-state index in [9.17, 15) is 9.18 Å². The summed E-state index contributed by atoms with van der Waals surface area (Å²) in [6.45, 7) is 2.30. The van der Waals surface area contributed by atoms with Gasteiger partial charge in [-0.15, -0.1) is 0 Å². The van der Waals surface area contributed by atoms with Crippen LogP contribution in [0.25, 0.3) is 21.5 Å². The highest BCUT2D eigenvalue weighted by Crippen LogP contribution is 2.35. The van der Waals surface area contributed by atoms with Crippen LogP contribution in [0.4, 0.5) is 20.7 Å². The molecule has 10 heteroatoms. The van der Waals surface area contributed by atoms with Gasteiger partial charge in [-0.25, -0.2) is 19.2 Å². The lowest BCUT2D eigenvalue weighted by molar-refractivity contribution is 0.208. The zero-order valence-corrected chi connectivity index (χ0v) is 18.7. The molecule has 2 aromatic carbocycles. The first-order valence-corrected chi connectivity index (χ1v) is 11.2. The Hall–Kier alpha value is -3.79. The number of amides is 2. The molecule has 0 saturated carbocycles. The number of nitrogens with zero attached hydrogens (tertiary/aromatic N) is 5. The lowest BCUT2D eigenvalue weighted by Gasteiger charge is -2.35. The number of hydrogen-bond acceptors (Lipinski definition) is 7. The molecule has 1 aliphatic rings. The van der Waals surface area contributed by atoms with E-state index in [4.69, 9.17) is 4.74 Å².